The lowest BCUT2D eigenvalue weighted by Crippen LogP contribution is -2.32. The van der Waals surface area contributed by atoms with Crippen LogP contribution in [0.4, 0.5) is 14.6 Å². The molecule has 1 aromatic rings. The third-order valence-electron chi connectivity index (χ3n) is 2.53. The molecule has 0 aromatic carbocycles. The summed E-state index contributed by atoms with van der Waals surface area (Å²) < 4.78 is 10.4. The molecule has 2 amide bonds. The Kier molecular flexibility index (Phi) is 7.48. The van der Waals surface area contributed by atoms with Crippen molar-refractivity contribution in [2.75, 3.05) is 11.9 Å². The molecule has 7 heteroatoms. The zero-order valence-corrected chi connectivity index (χ0v) is 16.6. The van der Waals surface area contributed by atoms with Gasteiger partial charge in [0.2, 0.25) is 0 Å². The number of hydrogen-bond donors (Lipinski definition) is 2. The molecule has 1 heterocycles. The lowest BCUT2D eigenvalue weighted by Gasteiger charge is -2.19. The van der Waals surface area contributed by atoms with Crippen LogP contribution in [-0.4, -0.2) is 29.9 Å². The van der Waals surface area contributed by atoms with E-state index in [9.17, 15) is 9.59 Å². The molecule has 6 nitrogen and oxygen atoms in total. The van der Waals surface area contributed by atoms with Crippen molar-refractivity contribution in [3.05, 3.63) is 23.1 Å². The predicted octanol–water partition coefficient (Wildman–Crippen LogP) is 5.02. The molecule has 0 fully saturated rings. The van der Waals surface area contributed by atoms with Crippen molar-refractivity contribution in [3.63, 3.8) is 0 Å². The summed E-state index contributed by atoms with van der Waals surface area (Å²) in [6, 6.07) is 1.87. The van der Waals surface area contributed by atoms with Crippen LogP contribution < -0.4 is 10.6 Å². The van der Waals surface area contributed by atoms with Crippen LogP contribution in [0.1, 0.15) is 53.5 Å². The Balaban J connectivity index is 2.34. The minimum absolute atomic E-state index is 0.416. The number of rotatable bonds is 5. The molecule has 0 bridgehead atoms. The normalized spacial score (nSPS) is 12.1. The topological polar surface area (TPSA) is 76.7 Å². The van der Waals surface area contributed by atoms with Gasteiger partial charge < -0.3 is 14.8 Å². The fraction of sp³-hybridized carbons (Fsp3) is 0.556. The van der Waals surface area contributed by atoms with Gasteiger partial charge in [0, 0.05) is 11.9 Å². The first kappa shape index (κ1) is 21.0. The first-order valence-corrected chi connectivity index (χ1v) is 9.04. The average Bonchev–Trinajstić information content (AvgIpc) is 2.81. The molecular formula is C18H28N2O4S. The van der Waals surface area contributed by atoms with Gasteiger partial charge in [0.15, 0.2) is 0 Å². The second-order valence-electron chi connectivity index (χ2n) is 7.49. The van der Waals surface area contributed by atoms with Crippen molar-refractivity contribution in [1.29, 1.82) is 0 Å². The van der Waals surface area contributed by atoms with E-state index in [1.54, 1.807) is 0 Å². The molecule has 140 valence electrons. The number of alkyl carbamates (subject to hydrolysis) is 1. The molecule has 0 spiro atoms. The zero-order valence-electron chi connectivity index (χ0n) is 15.8. The van der Waals surface area contributed by atoms with Crippen LogP contribution in [0.3, 0.4) is 0 Å². The maximum atomic E-state index is 11.7. The molecule has 1 rings (SSSR count). The summed E-state index contributed by atoms with van der Waals surface area (Å²) in [6.07, 6.45) is 3.69. The smallest absolute Gasteiger partial charge is 0.412 e. The monoisotopic (exact) mass is 368 g/mol. The van der Waals surface area contributed by atoms with Crippen LogP contribution in [-0.2, 0) is 9.47 Å². The zero-order chi connectivity index (χ0) is 19.1. The van der Waals surface area contributed by atoms with E-state index in [2.05, 4.69) is 10.6 Å². The predicted molar refractivity (Wildman–Crippen MR) is 102 cm³/mol. The summed E-state index contributed by atoms with van der Waals surface area (Å²) in [5, 5.41) is 8.06. The Bertz CT molecular complexity index is 609. The molecule has 0 atom stereocenters. The van der Waals surface area contributed by atoms with Gasteiger partial charge in [-0.1, -0.05) is 12.2 Å². The molecule has 0 aliphatic rings. The summed E-state index contributed by atoms with van der Waals surface area (Å²) in [4.78, 5) is 23.2. The van der Waals surface area contributed by atoms with E-state index in [1.807, 2.05) is 65.1 Å². The van der Waals surface area contributed by atoms with Crippen molar-refractivity contribution < 1.29 is 19.1 Å². The highest BCUT2D eigenvalue weighted by atomic mass is 32.1. The summed E-state index contributed by atoms with van der Waals surface area (Å²) in [5.74, 6) is 0. The Morgan fingerprint density at radius 3 is 2.28 bits per heavy atom. The van der Waals surface area contributed by atoms with Crippen LogP contribution in [0.5, 0.6) is 0 Å². The van der Waals surface area contributed by atoms with E-state index >= 15 is 0 Å². The Hall–Kier alpha value is -2.02. The molecule has 0 saturated heterocycles. The number of thiophene rings is 1. The quantitative estimate of drug-likeness (QED) is 0.715. The van der Waals surface area contributed by atoms with Gasteiger partial charge in [-0.15, -0.1) is 11.3 Å². The van der Waals surface area contributed by atoms with Gasteiger partial charge in [0.05, 0.1) is 5.00 Å². The number of amides is 2. The van der Waals surface area contributed by atoms with Gasteiger partial charge in [0.1, 0.15) is 11.2 Å². The van der Waals surface area contributed by atoms with Crippen molar-refractivity contribution in [2.24, 2.45) is 0 Å². The van der Waals surface area contributed by atoms with E-state index in [1.165, 1.54) is 11.3 Å². The van der Waals surface area contributed by atoms with Gasteiger partial charge in [-0.25, -0.2) is 9.59 Å². The third kappa shape index (κ3) is 10.4. The van der Waals surface area contributed by atoms with Gasteiger partial charge in [-0.05, 0) is 59.6 Å². The standard InChI is InChI=1S/C18H28N2O4S/c1-17(2,3)23-15(21)19-10-8-7-9-13-11-14(25-12-13)20-16(22)24-18(4,5)6/h7,9,11-12H,8,10H2,1-6H3,(H,19,21)(H,20,22). The maximum absolute atomic E-state index is 11.7. The Morgan fingerprint density at radius 2 is 1.68 bits per heavy atom. The molecule has 1 aromatic heterocycles. The van der Waals surface area contributed by atoms with Crippen LogP contribution in [0.15, 0.2) is 17.5 Å². The Labute approximate surface area is 153 Å². The summed E-state index contributed by atoms with van der Waals surface area (Å²) in [6.45, 7) is 11.4. The van der Waals surface area contributed by atoms with Crippen molar-refractivity contribution in [3.8, 4) is 0 Å². The molecule has 0 unspecified atom stereocenters. The molecule has 0 aliphatic carbocycles. The molecule has 2 N–H and O–H groups in total. The van der Waals surface area contributed by atoms with E-state index in [0.29, 0.717) is 13.0 Å². The second-order valence-corrected chi connectivity index (χ2v) is 8.40. The van der Waals surface area contributed by atoms with Crippen LogP contribution in [0.2, 0.25) is 0 Å². The van der Waals surface area contributed by atoms with Gasteiger partial charge in [-0.2, -0.15) is 0 Å². The number of hydrogen-bond acceptors (Lipinski definition) is 5. The maximum Gasteiger partial charge on any atom is 0.412 e. The highest BCUT2D eigenvalue weighted by Gasteiger charge is 2.17. The van der Waals surface area contributed by atoms with Gasteiger partial charge >= 0.3 is 12.2 Å². The number of anilines is 1. The number of nitrogens with one attached hydrogen (secondary N) is 2. The third-order valence-corrected chi connectivity index (χ3v) is 3.40. The number of carbonyl (C=O) groups excluding carboxylic acids is 2. The first-order valence-electron chi connectivity index (χ1n) is 8.16. The molecule has 0 radical (unpaired) electrons. The molecular weight excluding hydrogens is 340 g/mol. The molecule has 0 saturated carbocycles. The largest absolute Gasteiger partial charge is 0.444 e. The molecule has 0 aliphatic heterocycles. The summed E-state index contributed by atoms with van der Waals surface area (Å²) >= 11 is 1.43. The highest BCUT2D eigenvalue weighted by Crippen LogP contribution is 2.22. The average molecular weight is 368 g/mol. The van der Waals surface area contributed by atoms with Crippen molar-refractivity contribution >= 4 is 34.6 Å². The Morgan fingerprint density at radius 1 is 1.08 bits per heavy atom. The van der Waals surface area contributed by atoms with E-state index in [4.69, 9.17) is 9.47 Å². The lowest BCUT2D eigenvalue weighted by molar-refractivity contribution is 0.0527. The minimum atomic E-state index is -0.523. The lowest BCUT2D eigenvalue weighted by atomic mass is 10.2. The summed E-state index contributed by atoms with van der Waals surface area (Å²) in [5.41, 5.74) is -0.0346. The molecule has 25 heavy (non-hydrogen) atoms. The van der Waals surface area contributed by atoms with Gasteiger partial charge in [-0.3, -0.25) is 5.32 Å². The van der Waals surface area contributed by atoms with Crippen molar-refractivity contribution in [2.45, 2.75) is 59.2 Å². The van der Waals surface area contributed by atoms with Crippen LogP contribution in [0.25, 0.3) is 6.08 Å². The first-order chi connectivity index (χ1) is 11.4. The van der Waals surface area contributed by atoms with Crippen molar-refractivity contribution in [1.82, 2.24) is 5.32 Å². The number of ether oxygens (including phenoxy) is 2. The summed E-state index contributed by atoms with van der Waals surface area (Å²) in [7, 11) is 0. The number of carbonyl (C=O) groups is 2. The van der Waals surface area contributed by atoms with E-state index in [0.717, 1.165) is 10.6 Å². The van der Waals surface area contributed by atoms with E-state index < -0.39 is 23.4 Å². The fourth-order valence-electron chi connectivity index (χ4n) is 1.70. The van der Waals surface area contributed by atoms with Crippen LogP contribution >= 0.6 is 11.3 Å². The highest BCUT2D eigenvalue weighted by molar-refractivity contribution is 7.14. The minimum Gasteiger partial charge on any atom is -0.444 e. The SMILES string of the molecule is CC(C)(C)OC(=O)NCCC=Cc1csc(NC(=O)OC(C)(C)C)c1. The van der Waals surface area contributed by atoms with Gasteiger partial charge in [0.25, 0.3) is 0 Å². The fourth-order valence-corrected chi connectivity index (χ4v) is 2.46. The van der Waals surface area contributed by atoms with Crippen LogP contribution in [0, 0.1) is 0 Å². The second kappa shape index (κ2) is 8.89. The van der Waals surface area contributed by atoms with E-state index in [-0.39, 0.29) is 0 Å².